The number of amides is 2. The van der Waals surface area contributed by atoms with Crippen molar-refractivity contribution in [3.05, 3.63) is 35.5 Å². The quantitative estimate of drug-likeness (QED) is 0.728. The van der Waals surface area contributed by atoms with E-state index in [-0.39, 0.29) is 6.54 Å². The van der Waals surface area contributed by atoms with Crippen LogP contribution >= 0.6 is 0 Å². The molecule has 6 nitrogen and oxygen atoms in total. The molecule has 1 aliphatic heterocycles. The average Bonchev–Trinajstić information content (AvgIpc) is 2.43. The van der Waals surface area contributed by atoms with Gasteiger partial charge < -0.3 is 16.2 Å². The Hall–Kier alpha value is -2.21. The van der Waals surface area contributed by atoms with Crippen LogP contribution in [0.15, 0.2) is 40.4 Å². The number of hydrogen-bond acceptors (Lipinski definition) is 4. The molecule has 1 unspecified atom stereocenters. The van der Waals surface area contributed by atoms with Gasteiger partial charge in [0.15, 0.2) is 0 Å². The molecule has 2 amide bonds. The first-order chi connectivity index (χ1) is 9.48. The maximum Gasteiger partial charge on any atom is 0.246 e. The van der Waals surface area contributed by atoms with Gasteiger partial charge in [0.2, 0.25) is 11.8 Å². The molecule has 4 N–H and O–H groups in total. The Labute approximate surface area is 116 Å². The number of dihydropyridines is 1. The van der Waals surface area contributed by atoms with Crippen molar-refractivity contribution in [3.63, 3.8) is 0 Å². The summed E-state index contributed by atoms with van der Waals surface area (Å²) in [5, 5.41) is 0. The van der Waals surface area contributed by atoms with E-state index in [1.165, 1.54) is 0 Å². The van der Waals surface area contributed by atoms with Crippen LogP contribution in [0.4, 0.5) is 0 Å². The molecule has 6 heteroatoms. The molecule has 0 bridgehead atoms. The van der Waals surface area contributed by atoms with Crippen molar-refractivity contribution >= 4 is 17.5 Å². The summed E-state index contributed by atoms with van der Waals surface area (Å²) in [7, 11) is 1.56. The number of carbonyl (C=O) groups is 2. The summed E-state index contributed by atoms with van der Waals surface area (Å²) in [6.07, 6.45) is 7.32. The Bertz CT molecular complexity index is 572. The summed E-state index contributed by atoms with van der Waals surface area (Å²) in [5.41, 5.74) is 11.7. The molecule has 106 valence electrons. The minimum atomic E-state index is -0.916. The fraction of sp³-hybridized carbons (Fsp3) is 0.357. The van der Waals surface area contributed by atoms with E-state index in [0.29, 0.717) is 24.2 Å². The molecule has 0 aromatic heterocycles. The summed E-state index contributed by atoms with van der Waals surface area (Å²) in [6, 6.07) is 0. The summed E-state index contributed by atoms with van der Waals surface area (Å²) < 4.78 is 5.02. The van der Waals surface area contributed by atoms with E-state index in [2.05, 4.69) is 4.99 Å². The van der Waals surface area contributed by atoms with Crippen molar-refractivity contribution in [2.45, 2.75) is 6.42 Å². The molecule has 0 saturated heterocycles. The average molecular weight is 275 g/mol. The lowest BCUT2D eigenvalue weighted by Crippen LogP contribution is -2.37. The summed E-state index contributed by atoms with van der Waals surface area (Å²) >= 11 is 0. The van der Waals surface area contributed by atoms with E-state index in [4.69, 9.17) is 16.2 Å². The molecule has 2 rings (SSSR count). The fourth-order valence-corrected chi connectivity index (χ4v) is 2.24. The SMILES string of the molecule is COCCC1(C(N)=O)C=CC2=NCC(C(N)=O)=CC2=C1. The van der Waals surface area contributed by atoms with Gasteiger partial charge in [-0.05, 0) is 24.1 Å². The third-order valence-electron chi connectivity index (χ3n) is 3.49. The van der Waals surface area contributed by atoms with Crippen LogP contribution in [0.2, 0.25) is 0 Å². The Morgan fingerprint density at radius 1 is 1.45 bits per heavy atom. The predicted octanol–water partition coefficient (Wildman–Crippen LogP) is -0.143. The van der Waals surface area contributed by atoms with Crippen LogP contribution in [0.25, 0.3) is 0 Å². The zero-order valence-corrected chi connectivity index (χ0v) is 11.3. The van der Waals surface area contributed by atoms with Crippen LogP contribution in [0, 0.1) is 5.41 Å². The first kappa shape index (κ1) is 14.2. The zero-order chi connectivity index (χ0) is 14.8. The van der Waals surface area contributed by atoms with Crippen molar-refractivity contribution < 1.29 is 14.3 Å². The number of hydrogen-bond donors (Lipinski definition) is 2. The molecule has 0 aromatic rings. The molecular formula is C14H17N3O3. The van der Waals surface area contributed by atoms with Gasteiger partial charge in [-0.25, -0.2) is 0 Å². The van der Waals surface area contributed by atoms with E-state index in [0.717, 1.165) is 5.71 Å². The Morgan fingerprint density at radius 3 is 2.80 bits per heavy atom. The predicted molar refractivity (Wildman–Crippen MR) is 74.9 cm³/mol. The van der Waals surface area contributed by atoms with Crippen molar-refractivity contribution in [1.29, 1.82) is 0 Å². The molecule has 0 spiro atoms. The second-order valence-electron chi connectivity index (χ2n) is 4.82. The number of primary amides is 2. The van der Waals surface area contributed by atoms with E-state index in [1.807, 2.05) is 0 Å². The van der Waals surface area contributed by atoms with Gasteiger partial charge in [0.25, 0.3) is 0 Å². The lowest BCUT2D eigenvalue weighted by molar-refractivity contribution is -0.124. The van der Waals surface area contributed by atoms with Crippen LogP contribution in [0.5, 0.6) is 0 Å². The number of carbonyl (C=O) groups excluding carboxylic acids is 2. The summed E-state index contributed by atoms with van der Waals surface area (Å²) in [4.78, 5) is 27.3. The van der Waals surface area contributed by atoms with Gasteiger partial charge in [0.1, 0.15) is 0 Å². The lowest BCUT2D eigenvalue weighted by Gasteiger charge is -2.28. The maximum absolute atomic E-state index is 11.8. The molecule has 1 heterocycles. The highest BCUT2D eigenvalue weighted by Crippen LogP contribution is 2.33. The van der Waals surface area contributed by atoms with Gasteiger partial charge in [-0.1, -0.05) is 12.2 Å². The molecule has 1 aliphatic carbocycles. The van der Waals surface area contributed by atoms with E-state index < -0.39 is 17.2 Å². The molecule has 0 radical (unpaired) electrons. The lowest BCUT2D eigenvalue weighted by atomic mass is 9.77. The Balaban J connectivity index is 2.39. The smallest absolute Gasteiger partial charge is 0.246 e. The summed E-state index contributed by atoms with van der Waals surface area (Å²) in [5.74, 6) is -0.971. The van der Waals surface area contributed by atoms with E-state index >= 15 is 0 Å². The molecule has 20 heavy (non-hydrogen) atoms. The van der Waals surface area contributed by atoms with Gasteiger partial charge in [-0.2, -0.15) is 0 Å². The van der Waals surface area contributed by atoms with Crippen LogP contribution in [-0.4, -0.2) is 37.8 Å². The highest BCUT2D eigenvalue weighted by atomic mass is 16.5. The number of methoxy groups -OCH3 is 1. The normalized spacial score (nSPS) is 24.4. The van der Waals surface area contributed by atoms with Crippen LogP contribution < -0.4 is 11.5 Å². The third kappa shape index (κ3) is 2.55. The van der Waals surface area contributed by atoms with Crippen LogP contribution in [0.3, 0.4) is 0 Å². The number of nitrogens with zero attached hydrogens (tertiary/aromatic N) is 1. The highest BCUT2D eigenvalue weighted by molar-refractivity contribution is 6.15. The highest BCUT2D eigenvalue weighted by Gasteiger charge is 2.35. The largest absolute Gasteiger partial charge is 0.385 e. The maximum atomic E-state index is 11.8. The van der Waals surface area contributed by atoms with Gasteiger partial charge in [-0.3, -0.25) is 14.6 Å². The monoisotopic (exact) mass is 275 g/mol. The third-order valence-corrected chi connectivity index (χ3v) is 3.49. The van der Waals surface area contributed by atoms with Crippen molar-refractivity contribution in [3.8, 4) is 0 Å². The molecule has 0 aromatic carbocycles. The minimum Gasteiger partial charge on any atom is -0.385 e. The molecule has 2 aliphatic rings. The number of allylic oxidation sites excluding steroid dienone is 3. The second kappa shape index (κ2) is 5.42. The van der Waals surface area contributed by atoms with Crippen LogP contribution in [-0.2, 0) is 14.3 Å². The topological polar surface area (TPSA) is 108 Å². The molecule has 1 atom stereocenters. The Kier molecular flexibility index (Phi) is 3.85. The number of aliphatic imine (C=N–C) groups is 1. The van der Waals surface area contributed by atoms with Gasteiger partial charge in [0.05, 0.1) is 17.7 Å². The van der Waals surface area contributed by atoms with Gasteiger partial charge in [-0.15, -0.1) is 0 Å². The van der Waals surface area contributed by atoms with E-state index in [9.17, 15) is 9.59 Å². The fourth-order valence-electron chi connectivity index (χ4n) is 2.24. The summed E-state index contributed by atoms with van der Waals surface area (Å²) in [6.45, 7) is 0.657. The minimum absolute atomic E-state index is 0.258. The number of ether oxygens (including phenoxy) is 1. The molecule has 0 fully saturated rings. The van der Waals surface area contributed by atoms with Gasteiger partial charge in [0, 0.05) is 19.3 Å². The van der Waals surface area contributed by atoms with E-state index in [1.54, 1.807) is 31.4 Å². The first-order valence-corrected chi connectivity index (χ1v) is 6.24. The second-order valence-corrected chi connectivity index (χ2v) is 4.82. The number of fused-ring (bicyclic) bond motifs is 1. The number of nitrogens with two attached hydrogens (primary N) is 2. The zero-order valence-electron chi connectivity index (χ0n) is 11.3. The van der Waals surface area contributed by atoms with Crippen LogP contribution in [0.1, 0.15) is 6.42 Å². The standard InChI is InChI=1S/C14H17N3O3/c1-20-5-4-14(13(16)19)3-2-11-9(7-14)6-10(8-17-11)12(15)18/h2-3,6-7H,4-5,8H2,1H3,(H2,15,18)(H2,16,19). The Morgan fingerprint density at radius 2 is 2.20 bits per heavy atom. The molecule has 0 saturated carbocycles. The van der Waals surface area contributed by atoms with Crippen molar-refractivity contribution in [2.24, 2.45) is 21.9 Å². The van der Waals surface area contributed by atoms with Gasteiger partial charge >= 0.3 is 0 Å². The first-order valence-electron chi connectivity index (χ1n) is 6.24. The van der Waals surface area contributed by atoms with Crippen molar-refractivity contribution in [2.75, 3.05) is 20.3 Å². The number of rotatable bonds is 5. The van der Waals surface area contributed by atoms with Crippen molar-refractivity contribution in [1.82, 2.24) is 0 Å². The molecular weight excluding hydrogens is 258 g/mol.